The summed E-state index contributed by atoms with van der Waals surface area (Å²) in [4.78, 5) is 0. The van der Waals surface area contributed by atoms with Crippen LogP contribution in [-0.2, 0) is 4.74 Å². The molecule has 0 aliphatic carbocycles. The SMILES string of the molecule is C=CCOCC(=C)CC(CO)CO. The van der Waals surface area contributed by atoms with E-state index < -0.39 is 0 Å². The summed E-state index contributed by atoms with van der Waals surface area (Å²) in [6.45, 7) is 8.23. The normalized spacial score (nSPS) is 10.4. The summed E-state index contributed by atoms with van der Waals surface area (Å²) in [7, 11) is 0. The van der Waals surface area contributed by atoms with E-state index in [1.807, 2.05) is 0 Å². The van der Waals surface area contributed by atoms with E-state index in [4.69, 9.17) is 14.9 Å². The molecule has 76 valence electrons. The molecular formula is C10H18O3. The van der Waals surface area contributed by atoms with E-state index in [1.54, 1.807) is 6.08 Å². The molecule has 0 saturated heterocycles. The predicted octanol–water partition coefficient (Wildman–Crippen LogP) is 0.736. The van der Waals surface area contributed by atoms with Gasteiger partial charge in [-0.1, -0.05) is 18.2 Å². The first-order chi connectivity index (χ1) is 6.24. The Hall–Kier alpha value is -0.640. The van der Waals surface area contributed by atoms with Gasteiger partial charge < -0.3 is 14.9 Å². The summed E-state index contributed by atoms with van der Waals surface area (Å²) >= 11 is 0. The van der Waals surface area contributed by atoms with Crippen LogP contribution in [0.3, 0.4) is 0 Å². The Bertz CT molecular complexity index is 150. The van der Waals surface area contributed by atoms with Crippen LogP contribution in [0.15, 0.2) is 24.8 Å². The van der Waals surface area contributed by atoms with E-state index in [1.165, 1.54) is 0 Å². The molecule has 0 aromatic heterocycles. The Balaban J connectivity index is 3.53. The van der Waals surface area contributed by atoms with Crippen molar-refractivity contribution in [2.45, 2.75) is 6.42 Å². The van der Waals surface area contributed by atoms with Gasteiger partial charge in [0, 0.05) is 19.1 Å². The fourth-order valence-electron chi connectivity index (χ4n) is 0.941. The van der Waals surface area contributed by atoms with Gasteiger partial charge in [-0.25, -0.2) is 0 Å². The molecule has 0 spiro atoms. The van der Waals surface area contributed by atoms with Gasteiger partial charge in [0.25, 0.3) is 0 Å². The fourth-order valence-corrected chi connectivity index (χ4v) is 0.941. The lowest BCUT2D eigenvalue weighted by atomic mass is 10.0. The van der Waals surface area contributed by atoms with E-state index in [-0.39, 0.29) is 19.1 Å². The Kier molecular flexibility index (Phi) is 7.59. The van der Waals surface area contributed by atoms with Crippen LogP contribution in [0.5, 0.6) is 0 Å². The minimum absolute atomic E-state index is 0.0169. The molecule has 0 amide bonds. The van der Waals surface area contributed by atoms with E-state index in [0.29, 0.717) is 19.6 Å². The summed E-state index contributed by atoms with van der Waals surface area (Å²) < 4.78 is 5.15. The maximum Gasteiger partial charge on any atom is 0.0678 e. The molecule has 3 heteroatoms. The van der Waals surface area contributed by atoms with Crippen molar-refractivity contribution in [2.24, 2.45) is 5.92 Å². The van der Waals surface area contributed by atoms with Crippen LogP contribution < -0.4 is 0 Å². The zero-order chi connectivity index (χ0) is 10.1. The molecule has 0 heterocycles. The van der Waals surface area contributed by atoms with Gasteiger partial charge in [0.1, 0.15) is 0 Å². The maximum absolute atomic E-state index is 8.79. The molecule has 0 atom stereocenters. The van der Waals surface area contributed by atoms with Crippen LogP contribution >= 0.6 is 0 Å². The molecule has 0 radical (unpaired) electrons. The molecule has 13 heavy (non-hydrogen) atoms. The molecule has 0 aromatic rings. The van der Waals surface area contributed by atoms with Crippen molar-refractivity contribution in [2.75, 3.05) is 26.4 Å². The average Bonchev–Trinajstić information content (AvgIpc) is 2.14. The van der Waals surface area contributed by atoms with Crippen molar-refractivity contribution in [3.8, 4) is 0 Å². The smallest absolute Gasteiger partial charge is 0.0678 e. The lowest BCUT2D eigenvalue weighted by Crippen LogP contribution is -2.13. The molecule has 0 unspecified atom stereocenters. The van der Waals surface area contributed by atoms with Crippen LogP contribution in [0.25, 0.3) is 0 Å². The highest BCUT2D eigenvalue weighted by atomic mass is 16.5. The van der Waals surface area contributed by atoms with Crippen LogP contribution in [0, 0.1) is 5.92 Å². The molecule has 0 aliphatic rings. The fraction of sp³-hybridized carbons (Fsp3) is 0.600. The molecule has 0 aliphatic heterocycles. The highest BCUT2D eigenvalue weighted by molar-refractivity contribution is 4.96. The molecule has 3 nitrogen and oxygen atoms in total. The van der Waals surface area contributed by atoms with Crippen molar-refractivity contribution in [1.29, 1.82) is 0 Å². The van der Waals surface area contributed by atoms with Gasteiger partial charge in [0.05, 0.1) is 13.2 Å². The number of aliphatic hydroxyl groups excluding tert-OH is 2. The van der Waals surface area contributed by atoms with Gasteiger partial charge >= 0.3 is 0 Å². The van der Waals surface area contributed by atoms with Crippen molar-refractivity contribution in [1.82, 2.24) is 0 Å². The number of hydrogen-bond donors (Lipinski definition) is 2. The third-order valence-corrected chi connectivity index (χ3v) is 1.64. The first kappa shape index (κ1) is 12.4. The third-order valence-electron chi connectivity index (χ3n) is 1.64. The highest BCUT2D eigenvalue weighted by Gasteiger charge is 2.07. The second-order valence-corrected chi connectivity index (χ2v) is 2.99. The number of ether oxygens (including phenoxy) is 1. The van der Waals surface area contributed by atoms with Crippen molar-refractivity contribution in [3.05, 3.63) is 24.8 Å². The summed E-state index contributed by atoms with van der Waals surface area (Å²) in [5.41, 5.74) is 0.884. The Morgan fingerprint density at radius 2 is 2.00 bits per heavy atom. The number of rotatable bonds is 8. The van der Waals surface area contributed by atoms with Crippen LogP contribution in [0.4, 0.5) is 0 Å². The van der Waals surface area contributed by atoms with Crippen LogP contribution in [0.1, 0.15) is 6.42 Å². The van der Waals surface area contributed by atoms with Gasteiger partial charge in [0.15, 0.2) is 0 Å². The van der Waals surface area contributed by atoms with Gasteiger partial charge in [0.2, 0.25) is 0 Å². The van der Waals surface area contributed by atoms with E-state index >= 15 is 0 Å². The van der Waals surface area contributed by atoms with Crippen molar-refractivity contribution >= 4 is 0 Å². The highest BCUT2D eigenvalue weighted by Crippen LogP contribution is 2.09. The Morgan fingerprint density at radius 1 is 1.38 bits per heavy atom. The monoisotopic (exact) mass is 186 g/mol. The van der Waals surface area contributed by atoms with E-state index in [0.717, 1.165) is 5.57 Å². The lowest BCUT2D eigenvalue weighted by Gasteiger charge is -2.12. The summed E-state index contributed by atoms with van der Waals surface area (Å²) in [5, 5.41) is 17.6. The van der Waals surface area contributed by atoms with Gasteiger partial charge in [-0.05, 0) is 6.42 Å². The average molecular weight is 186 g/mol. The molecular weight excluding hydrogens is 168 g/mol. The first-order valence-corrected chi connectivity index (χ1v) is 4.31. The van der Waals surface area contributed by atoms with E-state index in [2.05, 4.69) is 13.2 Å². The van der Waals surface area contributed by atoms with Crippen molar-refractivity contribution in [3.63, 3.8) is 0 Å². The predicted molar refractivity (Wildman–Crippen MR) is 52.4 cm³/mol. The number of aliphatic hydroxyl groups is 2. The second kappa shape index (κ2) is 7.98. The summed E-state index contributed by atoms with van der Waals surface area (Å²) in [5.74, 6) is -0.111. The minimum Gasteiger partial charge on any atom is -0.396 e. The molecule has 0 aromatic carbocycles. The van der Waals surface area contributed by atoms with E-state index in [9.17, 15) is 0 Å². The lowest BCUT2D eigenvalue weighted by molar-refractivity contribution is 0.140. The Morgan fingerprint density at radius 3 is 2.46 bits per heavy atom. The summed E-state index contributed by atoms with van der Waals surface area (Å²) in [6, 6.07) is 0. The molecule has 0 bridgehead atoms. The molecule has 2 N–H and O–H groups in total. The quantitative estimate of drug-likeness (QED) is 0.434. The largest absolute Gasteiger partial charge is 0.396 e. The van der Waals surface area contributed by atoms with Crippen LogP contribution in [0.2, 0.25) is 0 Å². The third kappa shape index (κ3) is 6.51. The minimum atomic E-state index is -0.111. The standard InChI is InChI=1S/C10H18O3/c1-3-4-13-8-9(2)5-10(6-11)7-12/h3,10-12H,1-2,4-8H2. The first-order valence-electron chi connectivity index (χ1n) is 4.31. The molecule has 0 fully saturated rings. The van der Waals surface area contributed by atoms with Gasteiger partial charge in [-0.2, -0.15) is 0 Å². The Labute approximate surface area is 79.3 Å². The van der Waals surface area contributed by atoms with Gasteiger partial charge in [-0.15, -0.1) is 6.58 Å². The molecule has 0 rings (SSSR count). The van der Waals surface area contributed by atoms with Gasteiger partial charge in [-0.3, -0.25) is 0 Å². The number of hydrogen-bond acceptors (Lipinski definition) is 3. The van der Waals surface area contributed by atoms with Crippen LogP contribution in [-0.4, -0.2) is 36.6 Å². The molecule has 0 saturated carbocycles. The zero-order valence-electron chi connectivity index (χ0n) is 7.91. The summed E-state index contributed by atoms with van der Waals surface area (Å²) in [6.07, 6.45) is 2.27. The van der Waals surface area contributed by atoms with Crippen molar-refractivity contribution < 1.29 is 14.9 Å². The second-order valence-electron chi connectivity index (χ2n) is 2.99. The zero-order valence-corrected chi connectivity index (χ0v) is 7.91. The maximum atomic E-state index is 8.79. The topological polar surface area (TPSA) is 49.7 Å².